The number of amides is 3. The molecule has 5 rings (SSSR count). The van der Waals surface area contributed by atoms with Gasteiger partial charge in [-0.15, -0.1) is 0 Å². The molecule has 46 heavy (non-hydrogen) atoms. The van der Waals surface area contributed by atoms with Crippen molar-refractivity contribution in [3.63, 3.8) is 0 Å². The molecule has 240 valence electrons. The zero-order chi connectivity index (χ0) is 32.7. The highest BCUT2D eigenvalue weighted by molar-refractivity contribution is 6.00. The summed E-state index contributed by atoms with van der Waals surface area (Å²) in [6.07, 6.45) is 2.85. The van der Waals surface area contributed by atoms with Crippen LogP contribution < -0.4 is 20.9 Å². The molecule has 3 N–H and O–H groups in total. The van der Waals surface area contributed by atoms with Crippen LogP contribution in [0.3, 0.4) is 0 Å². The molecule has 0 bridgehead atoms. The highest BCUT2D eigenvalue weighted by Gasteiger charge is 2.33. The minimum Gasteiger partial charge on any atom is -0.468 e. The molecule has 1 aliphatic rings. The molecule has 2 heterocycles. The Bertz CT molecular complexity index is 1670. The van der Waals surface area contributed by atoms with Gasteiger partial charge in [0.2, 0.25) is 17.7 Å². The second-order valence-electron chi connectivity index (χ2n) is 12.3. The molecular weight excluding hydrogens is 583 g/mol. The van der Waals surface area contributed by atoms with Crippen LogP contribution in [0.25, 0.3) is 11.1 Å². The van der Waals surface area contributed by atoms with Gasteiger partial charge in [0.25, 0.3) is 0 Å². The van der Waals surface area contributed by atoms with Crippen molar-refractivity contribution in [3.8, 4) is 11.1 Å². The van der Waals surface area contributed by atoms with Gasteiger partial charge in [-0.2, -0.15) is 0 Å². The number of carbonyl (C=O) groups is 3. The number of hydrogen-bond acceptors (Lipinski definition) is 5. The van der Waals surface area contributed by atoms with Crippen LogP contribution in [0, 0.1) is 5.82 Å². The summed E-state index contributed by atoms with van der Waals surface area (Å²) in [5.74, 6) is -0.116. The Morgan fingerprint density at radius 3 is 2.52 bits per heavy atom. The minimum atomic E-state index is -0.760. The van der Waals surface area contributed by atoms with Gasteiger partial charge in [-0.05, 0) is 91.8 Å². The molecule has 9 heteroatoms. The second kappa shape index (κ2) is 14.6. The zero-order valence-electron chi connectivity index (χ0n) is 26.6. The van der Waals surface area contributed by atoms with Gasteiger partial charge in [-0.3, -0.25) is 14.4 Å². The highest BCUT2D eigenvalue weighted by Crippen LogP contribution is 2.31. The van der Waals surface area contributed by atoms with E-state index in [0.29, 0.717) is 31.6 Å². The van der Waals surface area contributed by atoms with E-state index in [1.165, 1.54) is 12.1 Å². The Balaban J connectivity index is 1.32. The molecule has 0 fully saturated rings. The first kappa shape index (κ1) is 32.6. The maximum Gasteiger partial charge on any atom is 0.249 e. The normalized spacial score (nSPS) is 14.8. The minimum absolute atomic E-state index is 0.0308. The van der Waals surface area contributed by atoms with Crippen molar-refractivity contribution in [2.75, 3.05) is 11.4 Å². The van der Waals surface area contributed by atoms with Crippen molar-refractivity contribution >= 4 is 23.4 Å². The predicted molar refractivity (Wildman–Crippen MR) is 176 cm³/mol. The molecule has 0 aliphatic carbocycles. The number of anilines is 1. The van der Waals surface area contributed by atoms with E-state index < -0.39 is 11.6 Å². The number of nitrogens with zero attached hydrogens (tertiary/aromatic N) is 1. The van der Waals surface area contributed by atoms with Gasteiger partial charge in [0.15, 0.2) is 0 Å². The maximum atomic E-state index is 14.3. The standard InChI is InChI=1S/C37H41FN4O4/c1-4-39-34(43)21-27-8-5-6-10-31(27)26-13-11-25(12-14-26)24-42-33-18-16-29(38)20-28(33)15-17-32(36(42)45)41-35(44)22-37(2,3)40-23-30-9-7-19-46-30/h5-14,16,18-20,32,40H,4,15,17,21-24H2,1-3H3,(H,39,43)(H,41,44)/t32-/m1/s1. The van der Waals surface area contributed by atoms with Gasteiger partial charge in [0.1, 0.15) is 17.6 Å². The number of aryl methyl sites for hydroxylation is 1. The number of nitrogens with one attached hydrogen (secondary N) is 3. The number of halogens is 1. The van der Waals surface area contributed by atoms with Crippen LogP contribution in [0.5, 0.6) is 0 Å². The van der Waals surface area contributed by atoms with Gasteiger partial charge in [-0.25, -0.2) is 4.39 Å². The van der Waals surface area contributed by atoms with E-state index in [9.17, 15) is 18.8 Å². The Hall–Kier alpha value is -4.76. The number of hydrogen-bond donors (Lipinski definition) is 3. The van der Waals surface area contributed by atoms with Crippen LogP contribution in [-0.2, 0) is 40.3 Å². The van der Waals surface area contributed by atoms with Gasteiger partial charge in [0.05, 0.1) is 25.8 Å². The number of fused-ring (bicyclic) bond motifs is 1. The lowest BCUT2D eigenvalue weighted by Gasteiger charge is -2.29. The van der Waals surface area contributed by atoms with E-state index in [1.54, 1.807) is 17.2 Å². The SMILES string of the molecule is CCNC(=O)Cc1ccccc1-c1ccc(CN2C(=O)[C@H](NC(=O)CC(C)(C)NCc3ccco3)CCc3cc(F)ccc32)cc1. The summed E-state index contributed by atoms with van der Waals surface area (Å²) >= 11 is 0. The molecule has 3 aromatic carbocycles. The van der Waals surface area contributed by atoms with Gasteiger partial charge in [-0.1, -0.05) is 48.5 Å². The average molecular weight is 625 g/mol. The lowest BCUT2D eigenvalue weighted by atomic mass is 9.96. The fraction of sp³-hybridized carbons (Fsp3) is 0.324. The van der Waals surface area contributed by atoms with E-state index in [0.717, 1.165) is 33.6 Å². The quantitative estimate of drug-likeness (QED) is 0.188. The molecule has 0 unspecified atom stereocenters. The predicted octanol–water partition coefficient (Wildman–Crippen LogP) is 5.69. The van der Waals surface area contributed by atoms with Gasteiger partial charge >= 0.3 is 0 Å². The summed E-state index contributed by atoms with van der Waals surface area (Å²) in [4.78, 5) is 41.2. The largest absolute Gasteiger partial charge is 0.468 e. The average Bonchev–Trinajstić information content (AvgIpc) is 3.52. The van der Waals surface area contributed by atoms with Crippen LogP contribution in [0.4, 0.5) is 10.1 Å². The first-order valence-corrected chi connectivity index (χ1v) is 15.7. The molecule has 1 aliphatic heterocycles. The number of benzene rings is 3. The molecule has 1 aromatic heterocycles. The Morgan fingerprint density at radius 1 is 1.00 bits per heavy atom. The van der Waals surface area contributed by atoms with Crippen LogP contribution in [-0.4, -0.2) is 35.8 Å². The first-order valence-electron chi connectivity index (χ1n) is 15.7. The third-order valence-corrected chi connectivity index (χ3v) is 8.21. The van der Waals surface area contributed by atoms with Crippen molar-refractivity contribution in [2.45, 2.75) is 71.1 Å². The van der Waals surface area contributed by atoms with Crippen LogP contribution in [0.2, 0.25) is 0 Å². The Kier molecular flexibility index (Phi) is 10.3. The van der Waals surface area contributed by atoms with E-state index >= 15 is 0 Å². The first-order chi connectivity index (χ1) is 22.1. The summed E-state index contributed by atoms with van der Waals surface area (Å²) in [7, 11) is 0. The van der Waals surface area contributed by atoms with Crippen molar-refractivity contribution in [3.05, 3.63) is 113 Å². The number of likely N-dealkylation sites (N-methyl/N-ethyl adjacent to an activating group) is 1. The van der Waals surface area contributed by atoms with E-state index in [2.05, 4.69) is 16.0 Å². The molecular formula is C37H41FN4O4. The summed E-state index contributed by atoms with van der Waals surface area (Å²) in [5.41, 5.74) is 4.55. The fourth-order valence-corrected chi connectivity index (χ4v) is 5.85. The maximum absolute atomic E-state index is 14.3. The summed E-state index contributed by atoms with van der Waals surface area (Å²) in [6.45, 7) is 7.05. The van der Waals surface area contributed by atoms with E-state index in [4.69, 9.17) is 4.42 Å². The Morgan fingerprint density at radius 2 is 1.78 bits per heavy atom. The fourth-order valence-electron chi connectivity index (χ4n) is 5.85. The third-order valence-electron chi connectivity index (χ3n) is 8.21. The summed E-state index contributed by atoms with van der Waals surface area (Å²) in [6, 6.07) is 23.1. The number of furan rings is 1. The smallest absolute Gasteiger partial charge is 0.249 e. The van der Waals surface area contributed by atoms with Gasteiger partial charge in [0, 0.05) is 24.2 Å². The number of carbonyl (C=O) groups excluding carboxylic acids is 3. The van der Waals surface area contributed by atoms with E-state index in [1.807, 2.05) is 81.4 Å². The van der Waals surface area contributed by atoms with E-state index in [-0.39, 0.29) is 42.9 Å². The molecule has 0 radical (unpaired) electrons. The molecule has 1 atom stereocenters. The topological polar surface area (TPSA) is 104 Å². The third kappa shape index (κ3) is 8.28. The second-order valence-corrected chi connectivity index (χ2v) is 12.3. The van der Waals surface area contributed by atoms with Crippen LogP contribution in [0.1, 0.15) is 56.1 Å². The molecule has 4 aromatic rings. The molecule has 0 spiro atoms. The zero-order valence-corrected chi connectivity index (χ0v) is 26.6. The van der Waals surface area contributed by atoms with Gasteiger partial charge < -0.3 is 25.3 Å². The van der Waals surface area contributed by atoms with Crippen molar-refractivity contribution < 1.29 is 23.2 Å². The molecule has 3 amide bonds. The molecule has 8 nitrogen and oxygen atoms in total. The monoisotopic (exact) mass is 624 g/mol. The summed E-state index contributed by atoms with van der Waals surface area (Å²) in [5, 5.41) is 9.16. The highest BCUT2D eigenvalue weighted by atomic mass is 19.1. The lowest BCUT2D eigenvalue weighted by Crippen LogP contribution is -2.50. The van der Waals surface area contributed by atoms with Crippen molar-refractivity contribution in [2.24, 2.45) is 0 Å². The lowest BCUT2D eigenvalue weighted by molar-refractivity contribution is -0.128. The van der Waals surface area contributed by atoms with Crippen LogP contribution in [0.15, 0.2) is 89.5 Å². The summed E-state index contributed by atoms with van der Waals surface area (Å²) < 4.78 is 19.7. The Labute approximate surface area is 269 Å². The van der Waals surface area contributed by atoms with Crippen molar-refractivity contribution in [1.82, 2.24) is 16.0 Å². The molecule has 0 saturated heterocycles. The van der Waals surface area contributed by atoms with Crippen LogP contribution >= 0.6 is 0 Å². The number of rotatable bonds is 12. The van der Waals surface area contributed by atoms with Crippen molar-refractivity contribution in [1.29, 1.82) is 0 Å². The molecule has 0 saturated carbocycles.